The van der Waals surface area contributed by atoms with Crippen LogP contribution in [0.15, 0.2) is 12.1 Å². The van der Waals surface area contributed by atoms with Gasteiger partial charge in [-0.05, 0) is 31.7 Å². The quantitative estimate of drug-likeness (QED) is 0.614. The minimum Gasteiger partial charge on any atom is -0.490 e. The Kier molecular flexibility index (Phi) is 2.68. The Morgan fingerprint density at radius 3 is 2.72 bits per heavy atom. The Bertz CT molecular complexity index is 540. The van der Waals surface area contributed by atoms with E-state index in [0.717, 1.165) is 37.2 Å². The first-order valence-corrected chi connectivity index (χ1v) is 6.01. The summed E-state index contributed by atoms with van der Waals surface area (Å²) in [6, 6.07) is 2.86. The molecule has 5 nitrogen and oxygen atoms in total. The number of aryl methyl sites for hydroxylation is 1. The molecule has 0 atom stereocenters. The second-order valence-electron chi connectivity index (χ2n) is 4.51. The van der Waals surface area contributed by atoms with E-state index in [1.54, 1.807) is 6.92 Å². The summed E-state index contributed by atoms with van der Waals surface area (Å²) in [6.45, 7) is 3.52. The molecule has 1 aromatic rings. The maximum absolute atomic E-state index is 11.1. The van der Waals surface area contributed by atoms with Crippen molar-refractivity contribution in [3.63, 3.8) is 0 Å². The molecule has 98 valence electrons. The second kappa shape index (κ2) is 5.25. The lowest BCUT2D eigenvalue weighted by molar-refractivity contribution is -0.385. The number of rotatable bonds is 3. The maximum atomic E-state index is 11.1. The minimum absolute atomic E-state index is 0.203. The van der Waals surface area contributed by atoms with E-state index in [-0.39, 0.29) is 11.4 Å². The van der Waals surface area contributed by atoms with Gasteiger partial charge in [-0.3, -0.25) is 10.1 Å². The van der Waals surface area contributed by atoms with E-state index < -0.39 is 12.0 Å². The molecule has 0 aromatic heterocycles. The number of methoxy groups -OCH3 is 1. The highest BCUT2D eigenvalue weighted by Gasteiger charge is 2.20. The molecule has 0 N–H and O–H groups in total. The van der Waals surface area contributed by atoms with Gasteiger partial charge in [-0.15, -0.1) is 0 Å². The number of hydrogen-bond acceptors (Lipinski definition) is 4. The van der Waals surface area contributed by atoms with Crippen molar-refractivity contribution in [1.29, 1.82) is 0 Å². The number of ether oxygens (including phenoxy) is 1. The van der Waals surface area contributed by atoms with Gasteiger partial charge in [-0.1, -0.05) is 0 Å². The number of nitro groups is 1. The van der Waals surface area contributed by atoms with Crippen molar-refractivity contribution < 1.29 is 13.8 Å². The van der Waals surface area contributed by atoms with Crippen LogP contribution in [-0.4, -0.2) is 25.1 Å². The molecule has 5 heteroatoms. The topological polar surface area (TPSA) is 55.6 Å². The molecule has 0 radical (unpaired) electrons. The zero-order chi connectivity index (χ0) is 15.6. The third-order valence-corrected chi connectivity index (χ3v) is 3.28. The molecule has 1 aliphatic rings. The van der Waals surface area contributed by atoms with Gasteiger partial charge in [0.2, 0.25) is 0 Å². The maximum Gasteiger partial charge on any atom is 0.311 e. The highest BCUT2D eigenvalue weighted by atomic mass is 16.6. The minimum atomic E-state index is -2.71. The molecule has 18 heavy (non-hydrogen) atoms. The van der Waals surface area contributed by atoms with E-state index in [1.807, 2.05) is 0 Å². The highest BCUT2D eigenvalue weighted by molar-refractivity contribution is 5.64. The smallest absolute Gasteiger partial charge is 0.311 e. The van der Waals surface area contributed by atoms with Crippen molar-refractivity contribution in [1.82, 2.24) is 0 Å². The van der Waals surface area contributed by atoms with Gasteiger partial charge in [0, 0.05) is 30.9 Å². The fourth-order valence-electron chi connectivity index (χ4n) is 2.36. The van der Waals surface area contributed by atoms with Gasteiger partial charge in [0.15, 0.2) is 5.75 Å². The predicted molar refractivity (Wildman–Crippen MR) is 70.4 cm³/mol. The molecule has 0 aliphatic carbocycles. The average molecular weight is 253 g/mol. The lowest BCUT2D eigenvalue weighted by atomic mass is 10.1. The van der Waals surface area contributed by atoms with E-state index in [9.17, 15) is 10.1 Å². The van der Waals surface area contributed by atoms with Gasteiger partial charge in [-0.25, -0.2) is 0 Å². The molecular weight excluding hydrogens is 232 g/mol. The summed E-state index contributed by atoms with van der Waals surface area (Å²) in [6.07, 6.45) is 3.29. The molecule has 1 aliphatic heterocycles. The second-order valence-corrected chi connectivity index (χ2v) is 4.51. The van der Waals surface area contributed by atoms with Crippen molar-refractivity contribution in [3.05, 3.63) is 27.8 Å². The molecule has 0 amide bonds. The molecule has 1 saturated heterocycles. The van der Waals surface area contributed by atoms with E-state index in [2.05, 4.69) is 4.90 Å². The summed E-state index contributed by atoms with van der Waals surface area (Å²) in [7, 11) is -2.71. The Balaban J connectivity index is 2.42. The molecule has 0 bridgehead atoms. The summed E-state index contributed by atoms with van der Waals surface area (Å²) in [4.78, 5) is 12.6. The standard InChI is InChI=1S/C13H18N2O3/c1-10-8-12(15(16)17)13(18-2)9-11(10)14-6-4-3-5-7-14/h8-9H,3-7H2,1-2H3/i2D3. The summed E-state index contributed by atoms with van der Waals surface area (Å²) in [5.41, 5.74) is 1.24. The van der Waals surface area contributed by atoms with Crippen molar-refractivity contribution in [2.75, 3.05) is 25.0 Å². The van der Waals surface area contributed by atoms with E-state index >= 15 is 0 Å². The van der Waals surface area contributed by atoms with Crippen LogP contribution in [0.25, 0.3) is 0 Å². The third-order valence-electron chi connectivity index (χ3n) is 3.28. The first-order chi connectivity index (χ1) is 9.78. The van der Waals surface area contributed by atoms with Crippen LogP contribution in [0.4, 0.5) is 11.4 Å². The van der Waals surface area contributed by atoms with Crippen LogP contribution in [0.2, 0.25) is 0 Å². The predicted octanol–water partition coefficient (Wildman–Crippen LogP) is 2.90. The van der Waals surface area contributed by atoms with E-state index in [1.165, 1.54) is 18.6 Å². The monoisotopic (exact) mass is 253 g/mol. The van der Waals surface area contributed by atoms with Gasteiger partial charge in [0.05, 0.1) is 16.1 Å². The summed E-state index contributed by atoms with van der Waals surface area (Å²) in [5.74, 6) is -0.203. The molecule has 1 heterocycles. The Morgan fingerprint density at radius 1 is 1.39 bits per heavy atom. The number of piperidine rings is 1. The normalized spacial score (nSPS) is 18.7. The van der Waals surface area contributed by atoms with Gasteiger partial charge < -0.3 is 9.64 Å². The van der Waals surface area contributed by atoms with Crippen molar-refractivity contribution in [2.24, 2.45) is 0 Å². The van der Waals surface area contributed by atoms with Crippen LogP contribution < -0.4 is 9.64 Å². The number of nitrogens with zero attached hydrogens (tertiary/aromatic N) is 2. The van der Waals surface area contributed by atoms with Gasteiger partial charge in [0.25, 0.3) is 0 Å². The largest absolute Gasteiger partial charge is 0.490 e. The first kappa shape index (κ1) is 9.19. The van der Waals surface area contributed by atoms with Crippen LogP contribution in [0.3, 0.4) is 0 Å². The van der Waals surface area contributed by atoms with Crippen LogP contribution in [0.1, 0.15) is 28.9 Å². The zero-order valence-corrected chi connectivity index (χ0v) is 10.3. The number of benzene rings is 1. The molecule has 1 fully saturated rings. The van der Waals surface area contributed by atoms with Crippen molar-refractivity contribution in [2.45, 2.75) is 26.2 Å². The van der Waals surface area contributed by atoms with Crippen LogP contribution in [0.5, 0.6) is 5.75 Å². The SMILES string of the molecule is [2H]C([2H])([2H])Oc1cc(N2CCCCC2)c(C)cc1[N+](=O)[O-]. The molecule has 0 spiro atoms. The fraction of sp³-hybridized carbons (Fsp3) is 0.538. The summed E-state index contributed by atoms with van der Waals surface area (Å²) >= 11 is 0. The highest BCUT2D eigenvalue weighted by Crippen LogP contribution is 2.35. The summed E-state index contributed by atoms with van der Waals surface area (Å²) in [5, 5.41) is 11.1. The number of anilines is 1. The fourth-order valence-corrected chi connectivity index (χ4v) is 2.36. The lowest BCUT2D eigenvalue weighted by Gasteiger charge is -2.30. The molecule has 1 aromatic carbocycles. The van der Waals surface area contributed by atoms with Gasteiger partial charge >= 0.3 is 5.69 Å². The molecule has 2 rings (SSSR count). The van der Waals surface area contributed by atoms with E-state index in [0.29, 0.717) is 0 Å². The first-order valence-electron chi connectivity index (χ1n) is 7.51. The number of hydrogen-bond donors (Lipinski definition) is 0. The molecular formula is C13H18N2O3. The lowest BCUT2D eigenvalue weighted by Crippen LogP contribution is -2.30. The van der Waals surface area contributed by atoms with Gasteiger partial charge in [0.1, 0.15) is 0 Å². The van der Waals surface area contributed by atoms with Crippen molar-refractivity contribution in [3.8, 4) is 5.75 Å². The van der Waals surface area contributed by atoms with Crippen LogP contribution >= 0.6 is 0 Å². The van der Waals surface area contributed by atoms with E-state index in [4.69, 9.17) is 8.85 Å². The average Bonchev–Trinajstić information content (AvgIpc) is 2.39. The summed E-state index contributed by atoms with van der Waals surface area (Å²) < 4.78 is 26.3. The van der Waals surface area contributed by atoms with Crippen LogP contribution in [-0.2, 0) is 0 Å². The Labute approximate surface area is 111 Å². The number of nitro benzene ring substituents is 1. The van der Waals surface area contributed by atoms with Crippen molar-refractivity contribution >= 4 is 11.4 Å². The Hall–Kier alpha value is -1.78. The zero-order valence-electron chi connectivity index (χ0n) is 13.3. The molecule has 0 unspecified atom stereocenters. The van der Waals surface area contributed by atoms with Gasteiger partial charge in [-0.2, -0.15) is 0 Å². The Morgan fingerprint density at radius 2 is 2.11 bits per heavy atom. The molecule has 0 saturated carbocycles. The van der Waals surface area contributed by atoms with Crippen LogP contribution in [0, 0.1) is 17.0 Å². The third kappa shape index (κ3) is 2.39.